The largest absolute Gasteiger partial charge is 0.507 e. The van der Waals surface area contributed by atoms with E-state index in [1.165, 1.54) is 19.1 Å². The summed E-state index contributed by atoms with van der Waals surface area (Å²) in [4.78, 5) is 27.4. The minimum atomic E-state index is -0.902. The number of aliphatic hydroxyl groups excluding tert-OH is 1. The molecule has 4 rings (SSSR count). The Balaban J connectivity index is 1.93. The van der Waals surface area contributed by atoms with Crippen molar-refractivity contribution in [2.45, 2.75) is 13.0 Å². The van der Waals surface area contributed by atoms with Gasteiger partial charge in [-0.15, -0.1) is 0 Å². The molecule has 0 bridgehead atoms. The number of aromatic nitrogens is 1. The van der Waals surface area contributed by atoms with Gasteiger partial charge in [0, 0.05) is 16.1 Å². The quantitative estimate of drug-likeness (QED) is 0.316. The van der Waals surface area contributed by atoms with Crippen LogP contribution < -0.4 is 14.4 Å². The van der Waals surface area contributed by atoms with Crippen LogP contribution in [0.15, 0.2) is 63.1 Å². The molecule has 1 unspecified atom stereocenters. The van der Waals surface area contributed by atoms with Crippen molar-refractivity contribution in [3.63, 3.8) is 0 Å². The molecule has 2 aromatic carbocycles. The fraction of sp³-hybridized carbons (Fsp3) is 0.174. The molecule has 1 aliphatic rings. The van der Waals surface area contributed by atoms with Crippen LogP contribution in [0.3, 0.4) is 0 Å². The predicted octanol–water partition coefficient (Wildman–Crippen LogP) is 4.39. The number of aryl methyl sites for hydroxylation is 1. The molecule has 1 saturated heterocycles. The van der Waals surface area contributed by atoms with Crippen LogP contribution >= 0.6 is 15.9 Å². The third kappa shape index (κ3) is 3.64. The molecule has 8 nitrogen and oxygen atoms in total. The van der Waals surface area contributed by atoms with Crippen molar-refractivity contribution < 1.29 is 28.7 Å². The molecule has 164 valence electrons. The minimum absolute atomic E-state index is 0.0646. The molecule has 1 fully saturated rings. The second kappa shape index (κ2) is 8.51. The van der Waals surface area contributed by atoms with E-state index in [9.17, 15) is 14.7 Å². The molecule has 3 aromatic rings. The first-order valence-corrected chi connectivity index (χ1v) is 10.4. The Morgan fingerprint density at radius 1 is 1.06 bits per heavy atom. The Hall–Kier alpha value is -3.59. The van der Waals surface area contributed by atoms with Crippen molar-refractivity contribution in [1.29, 1.82) is 0 Å². The summed E-state index contributed by atoms with van der Waals surface area (Å²) in [6.07, 6.45) is 0. The van der Waals surface area contributed by atoms with E-state index in [-0.39, 0.29) is 17.2 Å². The molecule has 32 heavy (non-hydrogen) atoms. The number of ether oxygens (including phenoxy) is 2. The van der Waals surface area contributed by atoms with E-state index in [2.05, 4.69) is 21.1 Å². The maximum absolute atomic E-state index is 13.1. The number of anilines is 1. The Bertz CT molecular complexity index is 1230. The van der Waals surface area contributed by atoms with Crippen LogP contribution in [-0.2, 0) is 9.59 Å². The van der Waals surface area contributed by atoms with Gasteiger partial charge in [0.05, 0.1) is 25.8 Å². The highest BCUT2D eigenvalue weighted by molar-refractivity contribution is 9.10. The third-order valence-corrected chi connectivity index (χ3v) is 5.68. The summed E-state index contributed by atoms with van der Waals surface area (Å²) >= 11 is 3.39. The zero-order valence-electron chi connectivity index (χ0n) is 17.5. The van der Waals surface area contributed by atoms with Crippen LogP contribution in [0.25, 0.3) is 5.76 Å². The maximum atomic E-state index is 13.1. The van der Waals surface area contributed by atoms with Crippen LogP contribution in [0.1, 0.15) is 22.9 Å². The average molecular weight is 499 g/mol. The highest BCUT2D eigenvalue weighted by Crippen LogP contribution is 2.43. The third-order valence-electron chi connectivity index (χ3n) is 5.15. The first-order chi connectivity index (χ1) is 15.3. The first-order valence-electron chi connectivity index (χ1n) is 9.58. The molecule has 0 aliphatic carbocycles. The molecule has 1 aliphatic heterocycles. The zero-order valence-corrected chi connectivity index (χ0v) is 19.0. The number of Topliss-reactive ketones (excluding diaryl/α,β-unsaturated/α-hetero) is 1. The van der Waals surface area contributed by atoms with Crippen molar-refractivity contribution in [3.05, 3.63) is 75.5 Å². The fourth-order valence-corrected chi connectivity index (χ4v) is 3.90. The van der Waals surface area contributed by atoms with Crippen molar-refractivity contribution in [2.75, 3.05) is 19.1 Å². The van der Waals surface area contributed by atoms with E-state index in [0.29, 0.717) is 28.4 Å². The van der Waals surface area contributed by atoms with Crippen molar-refractivity contribution in [1.82, 2.24) is 5.16 Å². The van der Waals surface area contributed by atoms with Gasteiger partial charge in [-0.25, -0.2) is 0 Å². The van der Waals surface area contributed by atoms with Crippen LogP contribution in [-0.4, -0.2) is 36.2 Å². The normalized spacial score (nSPS) is 17.6. The lowest BCUT2D eigenvalue weighted by Gasteiger charge is -2.23. The van der Waals surface area contributed by atoms with Crippen molar-refractivity contribution in [3.8, 4) is 11.5 Å². The Labute approximate surface area is 192 Å². The smallest absolute Gasteiger partial charge is 0.301 e. The van der Waals surface area contributed by atoms with Gasteiger partial charge in [-0.05, 0) is 42.8 Å². The molecule has 1 atom stereocenters. The maximum Gasteiger partial charge on any atom is 0.301 e. The summed E-state index contributed by atoms with van der Waals surface area (Å²) in [6, 6.07) is 12.5. The number of carbonyl (C=O) groups is 2. The average Bonchev–Trinajstić information content (AvgIpc) is 3.34. The predicted molar refractivity (Wildman–Crippen MR) is 120 cm³/mol. The fourth-order valence-electron chi connectivity index (χ4n) is 3.64. The summed E-state index contributed by atoms with van der Waals surface area (Å²) < 4.78 is 16.5. The Morgan fingerprint density at radius 2 is 1.75 bits per heavy atom. The van der Waals surface area contributed by atoms with Gasteiger partial charge in [0.15, 0.2) is 17.3 Å². The molecule has 0 saturated carbocycles. The van der Waals surface area contributed by atoms with Gasteiger partial charge in [0.25, 0.3) is 5.78 Å². The van der Waals surface area contributed by atoms with Crippen LogP contribution in [0.4, 0.5) is 5.82 Å². The lowest BCUT2D eigenvalue weighted by Crippen LogP contribution is -2.29. The van der Waals surface area contributed by atoms with Crippen molar-refractivity contribution >= 4 is 39.2 Å². The summed E-state index contributed by atoms with van der Waals surface area (Å²) in [6.45, 7) is 1.69. The number of nitrogens with zero attached hydrogens (tertiary/aromatic N) is 2. The number of carbonyl (C=O) groups excluding carboxylic acids is 2. The van der Waals surface area contributed by atoms with Crippen molar-refractivity contribution in [2.24, 2.45) is 0 Å². The van der Waals surface area contributed by atoms with Gasteiger partial charge in [0.1, 0.15) is 11.5 Å². The number of methoxy groups -OCH3 is 2. The number of amides is 1. The van der Waals surface area contributed by atoms with Gasteiger partial charge in [-0.3, -0.25) is 14.5 Å². The highest BCUT2D eigenvalue weighted by atomic mass is 79.9. The zero-order chi connectivity index (χ0) is 23.0. The number of halogens is 1. The lowest BCUT2D eigenvalue weighted by atomic mass is 9.95. The van der Waals surface area contributed by atoms with Gasteiger partial charge in [0.2, 0.25) is 0 Å². The molecule has 9 heteroatoms. The van der Waals surface area contributed by atoms with Crippen LogP contribution in [0.2, 0.25) is 0 Å². The number of benzene rings is 2. The second-order valence-corrected chi connectivity index (χ2v) is 8.00. The van der Waals surface area contributed by atoms with E-state index in [4.69, 9.17) is 14.0 Å². The molecule has 2 heterocycles. The number of hydrogen-bond acceptors (Lipinski definition) is 7. The molecule has 0 spiro atoms. The first kappa shape index (κ1) is 21.6. The summed E-state index contributed by atoms with van der Waals surface area (Å²) in [5.41, 5.74) is 0.861. The molecule has 1 amide bonds. The van der Waals surface area contributed by atoms with E-state index in [1.807, 2.05) is 0 Å². The van der Waals surface area contributed by atoms with Gasteiger partial charge in [-0.1, -0.05) is 33.2 Å². The minimum Gasteiger partial charge on any atom is -0.507 e. The summed E-state index contributed by atoms with van der Waals surface area (Å²) in [5.74, 6) is -0.468. The summed E-state index contributed by atoms with van der Waals surface area (Å²) in [7, 11) is 2.96. The number of ketones is 1. The molecular weight excluding hydrogens is 480 g/mol. The Morgan fingerprint density at radius 3 is 2.34 bits per heavy atom. The SMILES string of the molecule is COc1ccc(C(O)=C2C(=O)C(=O)N(c3cc(C)on3)C2c2ccc(Br)cc2)cc1OC. The molecule has 0 radical (unpaired) electrons. The molecule has 1 aromatic heterocycles. The van der Waals surface area contributed by atoms with Gasteiger partial charge >= 0.3 is 5.91 Å². The van der Waals surface area contributed by atoms with E-state index >= 15 is 0 Å². The summed E-state index contributed by atoms with van der Waals surface area (Å²) in [5, 5.41) is 15.1. The topological polar surface area (TPSA) is 102 Å². The molecule has 1 N–H and O–H groups in total. The lowest BCUT2D eigenvalue weighted by molar-refractivity contribution is -0.132. The Kier molecular flexibility index (Phi) is 5.75. The molecular formula is C23H19BrN2O6. The van der Waals surface area contributed by atoms with E-state index < -0.39 is 17.7 Å². The van der Waals surface area contributed by atoms with Crippen LogP contribution in [0.5, 0.6) is 11.5 Å². The number of hydrogen-bond donors (Lipinski definition) is 1. The monoisotopic (exact) mass is 498 g/mol. The second-order valence-electron chi connectivity index (χ2n) is 7.09. The number of rotatable bonds is 5. The highest BCUT2D eigenvalue weighted by Gasteiger charge is 2.48. The van der Waals surface area contributed by atoms with Gasteiger partial charge in [-0.2, -0.15) is 0 Å². The van der Waals surface area contributed by atoms with E-state index in [0.717, 1.165) is 4.47 Å². The standard InChI is InChI=1S/C23H19BrN2O6/c1-12-10-18(25-32-12)26-20(13-4-7-15(24)8-5-13)19(22(28)23(26)29)21(27)14-6-9-16(30-2)17(11-14)31-3/h4-11,20,27H,1-3H3. The number of aliphatic hydroxyl groups is 1. The van der Waals surface area contributed by atoms with Gasteiger partial charge < -0.3 is 19.1 Å². The van der Waals surface area contributed by atoms with Crippen LogP contribution in [0, 0.1) is 6.92 Å². The van der Waals surface area contributed by atoms with E-state index in [1.54, 1.807) is 55.5 Å².